The predicted molar refractivity (Wildman–Crippen MR) is 75.4 cm³/mol. The summed E-state index contributed by atoms with van der Waals surface area (Å²) in [6.07, 6.45) is 1.37. The second kappa shape index (κ2) is 5.70. The van der Waals surface area contributed by atoms with Gasteiger partial charge in [0.2, 0.25) is 0 Å². The maximum atomic E-state index is 12.4. The molecule has 4 amide bonds. The molecule has 0 saturated carbocycles. The number of imide groups is 2. The first kappa shape index (κ1) is 14.6. The van der Waals surface area contributed by atoms with Gasteiger partial charge in [-0.25, -0.2) is 9.69 Å². The van der Waals surface area contributed by atoms with Gasteiger partial charge in [-0.2, -0.15) is 0 Å². The van der Waals surface area contributed by atoms with Crippen molar-refractivity contribution >= 4 is 29.3 Å². The van der Waals surface area contributed by atoms with Crippen LogP contribution < -0.4 is 4.90 Å². The van der Waals surface area contributed by atoms with Crippen molar-refractivity contribution in [1.29, 1.82) is 0 Å². The van der Waals surface area contributed by atoms with Gasteiger partial charge in [0.15, 0.2) is 11.7 Å². The standard InChI is InChI=1S/C15H14N2O4/c1-3-9-16-13(19)12(10(2)18)14(20)17(15(16)21)11-7-5-4-6-8-11/h3-8,12H,1,9H2,2H3. The normalized spacial score (nSPS) is 18.9. The fourth-order valence-electron chi connectivity index (χ4n) is 2.16. The minimum atomic E-state index is -1.48. The van der Waals surface area contributed by atoms with Crippen LogP contribution in [0.15, 0.2) is 43.0 Å². The van der Waals surface area contributed by atoms with E-state index in [0.29, 0.717) is 5.69 Å². The molecule has 0 bridgehead atoms. The zero-order valence-corrected chi connectivity index (χ0v) is 11.5. The molecule has 1 aromatic rings. The summed E-state index contributed by atoms with van der Waals surface area (Å²) in [7, 11) is 0. The zero-order chi connectivity index (χ0) is 15.6. The summed E-state index contributed by atoms with van der Waals surface area (Å²) in [5, 5.41) is 0. The van der Waals surface area contributed by atoms with Crippen LogP contribution in [0.25, 0.3) is 0 Å². The van der Waals surface area contributed by atoms with E-state index in [1.807, 2.05) is 0 Å². The fraction of sp³-hybridized carbons (Fsp3) is 0.200. The van der Waals surface area contributed by atoms with Crippen molar-refractivity contribution in [3.8, 4) is 0 Å². The van der Waals surface area contributed by atoms with Crippen LogP contribution in [0.4, 0.5) is 10.5 Å². The Kier molecular flexibility index (Phi) is 3.98. The van der Waals surface area contributed by atoms with Crippen LogP contribution in [0.5, 0.6) is 0 Å². The molecule has 6 nitrogen and oxygen atoms in total. The second-order valence-corrected chi connectivity index (χ2v) is 4.57. The number of benzene rings is 1. The van der Waals surface area contributed by atoms with Crippen molar-refractivity contribution in [2.75, 3.05) is 11.4 Å². The van der Waals surface area contributed by atoms with E-state index < -0.39 is 29.5 Å². The SMILES string of the molecule is C=CCN1C(=O)C(C(C)=O)C(=O)N(c2ccccc2)C1=O. The molecule has 0 radical (unpaired) electrons. The van der Waals surface area contributed by atoms with Gasteiger partial charge < -0.3 is 0 Å². The topological polar surface area (TPSA) is 74.8 Å². The molecule has 1 aliphatic rings. The number of Topliss-reactive ketones (excluding diaryl/α,β-unsaturated/α-hetero) is 1. The number of carbonyl (C=O) groups excluding carboxylic acids is 4. The number of para-hydroxylation sites is 1. The number of hydrogen-bond donors (Lipinski definition) is 0. The highest BCUT2D eigenvalue weighted by atomic mass is 16.2. The van der Waals surface area contributed by atoms with Gasteiger partial charge in [0.05, 0.1) is 5.69 Å². The molecule has 1 saturated heterocycles. The molecule has 1 heterocycles. The van der Waals surface area contributed by atoms with Crippen molar-refractivity contribution < 1.29 is 19.2 Å². The maximum absolute atomic E-state index is 12.4. The molecule has 2 rings (SSSR count). The number of barbiturate groups is 1. The Hall–Kier alpha value is -2.76. The maximum Gasteiger partial charge on any atom is 0.338 e. The van der Waals surface area contributed by atoms with Crippen LogP contribution in [0, 0.1) is 5.92 Å². The lowest BCUT2D eigenvalue weighted by atomic mass is 9.98. The highest BCUT2D eigenvalue weighted by molar-refractivity contribution is 6.34. The molecule has 1 fully saturated rings. The molecular formula is C15H14N2O4. The summed E-state index contributed by atoms with van der Waals surface area (Å²) >= 11 is 0. The van der Waals surface area contributed by atoms with Gasteiger partial charge in [0, 0.05) is 6.54 Å². The summed E-state index contributed by atoms with van der Waals surface area (Å²) in [4.78, 5) is 50.2. The number of ketones is 1. The van der Waals surface area contributed by atoms with Gasteiger partial charge in [-0.05, 0) is 19.1 Å². The summed E-state index contributed by atoms with van der Waals surface area (Å²) in [5.41, 5.74) is 0.320. The molecule has 1 unspecified atom stereocenters. The first-order chi connectivity index (χ1) is 9.99. The van der Waals surface area contributed by atoms with Crippen molar-refractivity contribution in [3.63, 3.8) is 0 Å². The fourth-order valence-corrected chi connectivity index (χ4v) is 2.16. The number of carbonyl (C=O) groups is 4. The lowest BCUT2D eigenvalue weighted by Crippen LogP contribution is -2.61. The largest absolute Gasteiger partial charge is 0.338 e. The van der Waals surface area contributed by atoms with Crippen molar-refractivity contribution in [3.05, 3.63) is 43.0 Å². The summed E-state index contributed by atoms with van der Waals surface area (Å²) in [6.45, 7) is 4.58. The quantitative estimate of drug-likeness (QED) is 0.619. The van der Waals surface area contributed by atoms with E-state index in [4.69, 9.17) is 0 Å². The molecule has 21 heavy (non-hydrogen) atoms. The average molecular weight is 286 g/mol. The Bertz CT molecular complexity index is 624. The highest BCUT2D eigenvalue weighted by Crippen LogP contribution is 2.25. The molecule has 0 spiro atoms. The summed E-state index contributed by atoms with van der Waals surface area (Å²) in [5.74, 6) is -3.69. The molecule has 1 aliphatic heterocycles. The summed E-state index contributed by atoms with van der Waals surface area (Å²) in [6, 6.07) is 7.41. The highest BCUT2D eigenvalue weighted by Gasteiger charge is 2.48. The van der Waals surface area contributed by atoms with E-state index >= 15 is 0 Å². The van der Waals surface area contributed by atoms with Crippen LogP contribution in [0.1, 0.15) is 6.92 Å². The third-order valence-corrected chi connectivity index (χ3v) is 3.14. The number of hydrogen-bond acceptors (Lipinski definition) is 4. The van der Waals surface area contributed by atoms with Crippen LogP contribution in [-0.2, 0) is 14.4 Å². The molecule has 1 aromatic carbocycles. The molecular weight excluding hydrogens is 272 g/mol. The van der Waals surface area contributed by atoms with Crippen molar-refractivity contribution in [1.82, 2.24) is 4.90 Å². The van der Waals surface area contributed by atoms with Crippen LogP contribution in [-0.4, -0.2) is 35.1 Å². The third kappa shape index (κ3) is 2.47. The zero-order valence-electron chi connectivity index (χ0n) is 11.5. The smallest absolute Gasteiger partial charge is 0.299 e. The van der Waals surface area contributed by atoms with E-state index in [0.717, 1.165) is 16.7 Å². The Balaban J connectivity index is 2.50. The minimum absolute atomic E-state index is 0.0575. The lowest BCUT2D eigenvalue weighted by molar-refractivity contribution is -0.145. The van der Waals surface area contributed by atoms with E-state index in [9.17, 15) is 19.2 Å². The molecule has 0 N–H and O–H groups in total. The van der Waals surface area contributed by atoms with Gasteiger partial charge in [0.25, 0.3) is 11.8 Å². The van der Waals surface area contributed by atoms with Gasteiger partial charge in [-0.1, -0.05) is 24.3 Å². The van der Waals surface area contributed by atoms with E-state index in [2.05, 4.69) is 6.58 Å². The number of nitrogens with zero attached hydrogens (tertiary/aromatic N) is 2. The second-order valence-electron chi connectivity index (χ2n) is 4.57. The van der Waals surface area contributed by atoms with Crippen LogP contribution in [0.3, 0.4) is 0 Å². The lowest BCUT2D eigenvalue weighted by Gasteiger charge is -2.35. The number of urea groups is 1. The van der Waals surface area contributed by atoms with Gasteiger partial charge >= 0.3 is 6.03 Å². The number of amides is 4. The van der Waals surface area contributed by atoms with Gasteiger partial charge in [-0.3, -0.25) is 19.3 Å². The third-order valence-electron chi connectivity index (χ3n) is 3.14. The van der Waals surface area contributed by atoms with Crippen molar-refractivity contribution in [2.45, 2.75) is 6.92 Å². The predicted octanol–water partition coefficient (Wildman–Crippen LogP) is 1.37. The van der Waals surface area contributed by atoms with E-state index in [1.165, 1.54) is 6.08 Å². The first-order valence-corrected chi connectivity index (χ1v) is 6.34. The van der Waals surface area contributed by atoms with Crippen LogP contribution >= 0.6 is 0 Å². The molecule has 6 heteroatoms. The Morgan fingerprint density at radius 3 is 2.33 bits per heavy atom. The summed E-state index contributed by atoms with van der Waals surface area (Å²) < 4.78 is 0. The first-order valence-electron chi connectivity index (χ1n) is 6.34. The number of anilines is 1. The Morgan fingerprint density at radius 2 is 1.81 bits per heavy atom. The monoisotopic (exact) mass is 286 g/mol. The van der Waals surface area contributed by atoms with Crippen molar-refractivity contribution in [2.24, 2.45) is 5.92 Å². The Labute approximate surface area is 121 Å². The minimum Gasteiger partial charge on any atom is -0.299 e. The van der Waals surface area contributed by atoms with E-state index in [-0.39, 0.29) is 6.54 Å². The molecule has 108 valence electrons. The van der Waals surface area contributed by atoms with Gasteiger partial charge in [0.1, 0.15) is 0 Å². The molecule has 1 atom stereocenters. The molecule has 0 aliphatic carbocycles. The molecule has 0 aromatic heterocycles. The van der Waals surface area contributed by atoms with Crippen LogP contribution in [0.2, 0.25) is 0 Å². The van der Waals surface area contributed by atoms with Gasteiger partial charge in [-0.15, -0.1) is 6.58 Å². The Morgan fingerprint density at radius 1 is 1.19 bits per heavy atom. The number of rotatable bonds is 4. The average Bonchev–Trinajstić information content (AvgIpc) is 2.44. The van der Waals surface area contributed by atoms with E-state index in [1.54, 1.807) is 30.3 Å².